The molecule has 0 spiro atoms. The largest absolute Gasteiger partial charge is 0.497 e. The number of carbonyl (C=O) groups excluding carboxylic acids is 5. The first-order chi connectivity index (χ1) is 60.0. The fraction of sp³-hybridized carbons (Fsp3) is 0.440. The molecule has 0 saturated heterocycles. The van der Waals surface area contributed by atoms with Crippen molar-refractivity contribution in [1.82, 2.24) is 56.8 Å². The molecular formula is C91H119BN14O16S3U. The van der Waals surface area contributed by atoms with Crippen molar-refractivity contribution in [3.8, 4) is 51.0 Å². The van der Waals surface area contributed by atoms with Gasteiger partial charge in [-0.05, 0) is 239 Å². The summed E-state index contributed by atoms with van der Waals surface area (Å²) in [6.45, 7) is 2.17. The molecule has 1 aliphatic heterocycles. The Morgan fingerprint density at radius 1 is 0.563 bits per heavy atom. The molecule has 3 saturated carbocycles. The van der Waals surface area contributed by atoms with Crippen LogP contribution in [-0.4, -0.2) is 193 Å². The number of unbranched alkanes of at least 4 members (excludes halogenated alkanes) is 2. The summed E-state index contributed by atoms with van der Waals surface area (Å²) in [6, 6.07) is 39.7. The van der Waals surface area contributed by atoms with Gasteiger partial charge in [-0.15, -0.1) is 0 Å². The van der Waals surface area contributed by atoms with Crippen molar-refractivity contribution in [3.63, 3.8) is 0 Å². The predicted octanol–water partition coefficient (Wildman–Crippen LogP) is 12.5. The summed E-state index contributed by atoms with van der Waals surface area (Å²) in [6.07, 6.45) is 24.9. The molecule has 6 aromatic carbocycles. The minimum atomic E-state index is -4.00. The third kappa shape index (κ3) is 24.8. The van der Waals surface area contributed by atoms with E-state index in [-0.39, 0.29) is 113 Å². The van der Waals surface area contributed by atoms with E-state index in [2.05, 4.69) is 34.0 Å². The summed E-state index contributed by atoms with van der Waals surface area (Å²) in [5.41, 5.74) is 12.5. The number of carboxylic acid groups (broad SMARTS) is 1. The summed E-state index contributed by atoms with van der Waals surface area (Å²) in [7, 11) is 1.47. The van der Waals surface area contributed by atoms with Crippen LogP contribution in [0.15, 0.2) is 146 Å². The number of nitrogens with two attached hydrogens (primary N) is 2. The number of carboxylic acids is 1. The molecule has 3 aliphatic carbocycles. The van der Waals surface area contributed by atoms with E-state index in [1.165, 1.54) is 62.4 Å². The van der Waals surface area contributed by atoms with E-state index in [0.29, 0.717) is 81.5 Å². The summed E-state index contributed by atoms with van der Waals surface area (Å²) >= 11 is 0. The first kappa shape index (κ1) is 98.5. The average molecular weight is 2010 g/mol. The molecule has 10 aromatic rings. The van der Waals surface area contributed by atoms with Crippen molar-refractivity contribution in [2.24, 2.45) is 10.3 Å². The zero-order chi connectivity index (χ0) is 89.7. The number of aromatic carboxylic acids is 1. The second-order valence-corrected chi connectivity index (χ2v) is 37.3. The number of methoxy groups -OCH3 is 3. The zero-order valence-corrected chi connectivity index (χ0v) is 78.5. The molecule has 0 unspecified atom stereocenters. The number of nitrogens with one attached hydrogen (secondary N) is 4. The van der Waals surface area contributed by atoms with Crippen molar-refractivity contribution >= 4 is 107 Å². The third-order valence-electron chi connectivity index (χ3n) is 24.0. The van der Waals surface area contributed by atoms with Crippen molar-refractivity contribution in [1.29, 1.82) is 1.34 Å². The van der Waals surface area contributed by atoms with Gasteiger partial charge in [0.05, 0.1) is 60.5 Å². The molecule has 4 amide bonds. The van der Waals surface area contributed by atoms with Crippen LogP contribution in [0, 0.1) is 31.1 Å². The van der Waals surface area contributed by atoms with E-state index in [1.807, 2.05) is 117 Å². The maximum absolute atomic E-state index is 13.4. The van der Waals surface area contributed by atoms with Crippen molar-refractivity contribution in [3.05, 3.63) is 179 Å². The molecule has 2 bridgehead atoms. The summed E-state index contributed by atoms with van der Waals surface area (Å²) in [5.74, 6) is 0.770. The zero-order valence-electron chi connectivity index (χ0n) is 72.9. The number of benzene rings is 6. The predicted molar refractivity (Wildman–Crippen MR) is 489 cm³/mol. The van der Waals surface area contributed by atoms with Gasteiger partial charge in [-0.25, -0.2) is 24.8 Å². The van der Waals surface area contributed by atoms with E-state index in [4.69, 9.17) is 25.8 Å². The topological polar surface area (TPSA) is 395 Å². The molecule has 126 heavy (non-hydrogen) atoms. The maximum Gasteiger partial charge on any atom is 0.335 e. The molecule has 4 aromatic heterocycles. The average Bonchev–Trinajstić information content (AvgIpc) is 1.60. The first-order valence-electron chi connectivity index (χ1n) is 42.9. The minimum Gasteiger partial charge on any atom is -0.497 e. The summed E-state index contributed by atoms with van der Waals surface area (Å²) < 4.78 is 106. The SMILES string of the molecule is C.COc1ccc(-c2c(C3CCCCC3)c3ccc(C(=O)O)cc3n2CC(=O)NCCCCN(C)S(N)(=O)=O)cc1.COc1ccc(-c2c(C3CCCCC3)c3ccc(C(=O)n4ccnc4)cc3n2CC(=O)NCCCCN(C)S(N)(=O)=O)cc1.COc1ccc(-c2c(C3CCCCC3)c3ccc4cc3n2CC(=O)NCCCCN(C)S(=O)(=O)NC4=O)cc1.[2H][B].[U]. The summed E-state index contributed by atoms with van der Waals surface area (Å²) in [4.78, 5) is 82.2. The van der Waals surface area contributed by atoms with Gasteiger partial charge in [-0.3, -0.25) is 28.5 Å². The quantitative estimate of drug-likeness (QED) is 0.0186. The van der Waals surface area contributed by atoms with Gasteiger partial charge in [0.2, 0.25) is 17.7 Å². The first-order valence-corrected chi connectivity index (χ1v) is 46.7. The second kappa shape index (κ2) is 45.9. The number of hydrogen-bond acceptors (Lipinski definition) is 16. The number of fused-ring (bicyclic) bond motifs is 3. The number of carbonyl (C=O) groups is 6. The second-order valence-electron chi connectivity index (χ2n) is 32.2. The number of imidazole rings is 1. The standard InChI is InChI=1S/C32H40N6O5S.C29H38N4O6S.C29H36N4O5S.CH4.BH.U/c1-36(44(33,41)42)18-7-6-16-35-29(39)21-38-28-20-25(32(40)37-19-17-34-22-37)12-15-27(28)30(23-8-4-3-5-9-23)31(38)24-10-13-26(43-2)14-11-24;1-32(40(30,37)38)17-7-6-16-31-26(34)19-33-25-18-22(29(35)36)12-15-24(25)27(20-8-4-3-5-9-20)28(33)21-10-13-23(39-2)14-11-21;1-32-17-7-6-16-30-26(34)19-33-25-18-22(29(35)31-39(32,36)37)12-15-24(25)27(20-8-4-3-5-9-20)28(33)21-10-13-23(38-2)14-11-21;;;/h10-15,17,19-20,22-23H,3-9,16,18,21H2,1-2H3,(H,35,39)(H2,33,41,42);10-15,18,20H,3-9,16-17,19H2,1-2H3,(H,31,34)(H,35,36)(H2,30,37,38);10-15,18,20H,3-9,16-17,19H2,1-2H3,(H,30,34)(H,31,35);1H4;1H;/i;;;;1D;. The van der Waals surface area contributed by atoms with Gasteiger partial charge in [0.1, 0.15) is 43.2 Å². The molecule has 4 aliphatic rings. The van der Waals surface area contributed by atoms with Crippen LogP contribution in [0.2, 0.25) is 0 Å². The molecule has 30 nitrogen and oxygen atoms in total. The smallest absolute Gasteiger partial charge is 0.335 e. The van der Waals surface area contributed by atoms with Crippen LogP contribution in [0.4, 0.5) is 0 Å². The fourth-order valence-corrected chi connectivity index (χ4v) is 19.1. The Morgan fingerprint density at radius 3 is 1.39 bits per heavy atom. The van der Waals surface area contributed by atoms with Crippen molar-refractivity contribution in [2.75, 3.05) is 81.7 Å². The third-order valence-corrected chi connectivity index (χ3v) is 27.6. The van der Waals surface area contributed by atoms with E-state index >= 15 is 0 Å². The summed E-state index contributed by atoms with van der Waals surface area (Å²) in [5, 5.41) is 31.9. The molecule has 35 heteroatoms. The Hall–Kier alpha value is -9.66. The molecule has 3 fully saturated rings. The van der Waals surface area contributed by atoms with Crippen LogP contribution in [0.5, 0.6) is 17.2 Å². The molecule has 0 atom stereocenters. The Labute approximate surface area is 766 Å². The Kier molecular flexibility index (Phi) is 35.9. The molecule has 14 rings (SSSR count). The molecule has 9 N–H and O–H groups in total. The maximum atomic E-state index is 13.4. The Balaban J connectivity index is 0.000000212. The van der Waals surface area contributed by atoms with Gasteiger partial charge in [0.15, 0.2) is 0 Å². The fourth-order valence-electron chi connectivity index (χ4n) is 17.4. The van der Waals surface area contributed by atoms with Gasteiger partial charge in [0, 0.05) is 140 Å². The number of amides is 4. The molecular weight excluding hydrogens is 1890 g/mol. The molecule has 5 heterocycles. The van der Waals surface area contributed by atoms with Gasteiger partial charge in [0.25, 0.3) is 32.2 Å². The van der Waals surface area contributed by atoms with E-state index in [9.17, 15) is 59.1 Å². The van der Waals surface area contributed by atoms with Gasteiger partial charge in [-0.1, -0.05) is 83.4 Å². The van der Waals surface area contributed by atoms with Crippen LogP contribution in [0.1, 0.15) is 208 Å². The van der Waals surface area contributed by atoms with E-state index in [0.717, 1.165) is 179 Å². The van der Waals surface area contributed by atoms with Crippen LogP contribution in [-0.2, 0) is 64.6 Å². The number of ether oxygens (including phenoxy) is 3. The Bertz CT molecular complexity index is 5780. The normalized spacial score (nSPS) is 15.7. The van der Waals surface area contributed by atoms with Crippen LogP contribution in [0.25, 0.3) is 66.5 Å². The van der Waals surface area contributed by atoms with Crippen LogP contribution >= 0.6 is 0 Å². The van der Waals surface area contributed by atoms with E-state index in [1.54, 1.807) is 58.0 Å². The number of hydrogen-bond donors (Lipinski definition) is 7. The van der Waals surface area contributed by atoms with Gasteiger partial charge in [-0.2, -0.15) is 38.2 Å². The molecule has 674 valence electrons. The monoisotopic (exact) mass is 2010 g/mol. The van der Waals surface area contributed by atoms with Crippen LogP contribution < -0.4 is 45.2 Å². The Morgan fingerprint density at radius 2 is 0.968 bits per heavy atom. The number of rotatable bonds is 27. The number of nitrogens with zero attached hydrogens (tertiary/aromatic N) is 8. The number of aromatic nitrogens is 5. The van der Waals surface area contributed by atoms with Crippen molar-refractivity contribution < 1.29 is 104 Å². The van der Waals surface area contributed by atoms with Crippen molar-refractivity contribution in [2.45, 2.75) is 180 Å². The van der Waals surface area contributed by atoms with Crippen LogP contribution in [0.3, 0.4) is 0 Å². The van der Waals surface area contributed by atoms with E-state index < -0.39 is 42.5 Å². The van der Waals surface area contributed by atoms with Gasteiger partial charge >= 0.3 is 16.2 Å². The molecule has 2 radical (unpaired) electrons. The van der Waals surface area contributed by atoms with Gasteiger partial charge < -0.3 is 49.0 Å². The minimum absolute atomic E-state index is 0.